The van der Waals surface area contributed by atoms with E-state index in [1.807, 2.05) is 32.0 Å². The molecule has 1 amide bonds. The van der Waals surface area contributed by atoms with Crippen LogP contribution in [0.2, 0.25) is 0 Å². The molecule has 92 valence electrons. The summed E-state index contributed by atoms with van der Waals surface area (Å²) in [6, 6.07) is 6.03. The first-order chi connectivity index (χ1) is 7.86. The van der Waals surface area contributed by atoms with Crippen molar-refractivity contribution in [1.82, 2.24) is 0 Å². The molecule has 0 fully saturated rings. The quantitative estimate of drug-likeness (QED) is 0.755. The molecule has 4 heteroatoms. The molecule has 0 N–H and O–H groups in total. The first kappa shape index (κ1) is 12.7. The van der Waals surface area contributed by atoms with Gasteiger partial charge in [0, 0.05) is 12.7 Å². The molecule has 1 aliphatic heterocycles. The lowest BCUT2D eigenvalue weighted by atomic mass is 9.81. The largest absolute Gasteiger partial charge is 0.314 e. The first-order valence-corrected chi connectivity index (χ1v) is 6.41. The Labute approximate surface area is 112 Å². The summed E-state index contributed by atoms with van der Waals surface area (Å²) < 4.78 is 0. The number of nitrogens with zero attached hydrogens (tertiary/aromatic N) is 1. The highest BCUT2D eigenvalue weighted by molar-refractivity contribution is 6.44. The third kappa shape index (κ3) is 1.94. The van der Waals surface area contributed by atoms with Crippen molar-refractivity contribution in [3.63, 3.8) is 0 Å². The van der Waals surface area contributed by atoms with Gasteiger partial charge in [0.05, 0.1) is 5.41 Å². The van der Waals surface area contributed by atoms with Crippen LogP contribution < -0.4 is 4.90 Å². The normalized spacial score (nSPS) is 23.4. The summed E-state index contributed by atoms with van der Waals surface area (Å²) in [5.74, 6) is 0.0596. The Morgan fingerprint density at radius 2 is 2.06 bits per heavy atom. The van der Waals surface area contributed by atoms with E-state index in [1.54, 1.807) is 11.9 Å². The zero-order valence-electron chi connectivity index (χ0n) is 10.1. The van der Waals surface area contributed by atoms with Gasteiger partial charge in [-0.15, -0.1) is 23.2 Å². The summed E-state index contributed by atoms with van der Waals surface area (Å²) in [7, 11) is 1.79. The first-order valence-electron chi connectivity index (χ1n) is 5.53. The number of likely N-dealkylation sites (N-methyl/N-ethyl adjacent to an activating group) is 1. The SMILES string of the molecule is Cc1ccc2c(c1)C(C)(CC(Cl)Cl)C(=O)N2C. The Kier molecular flexibility index (Phi) is 3.13. The highest BCUT2D eigenvalue weighted by atomic mass is 35.5. The number of hydrogen-bond acceptors (Lipinski definition) is 1. The Hall–Kier alpha value is -0.730. The molecule has 1 unspecified atom stereocenters. The average Bonchev–Trinajstić information content (AvgIpc) is 2.41. The van der Waals surface area contributed by atoms with E-state index in [4.69, 9.17) is 23.2 Å². The lowest BCUT2D eigenvalue weighted by Gasteiger charge is -2.23. The van der Waals surface area contributed by atoms with Crippen molar-refractivity contribution in [3.8, 4) is 0 Å². The van der Waals surface area contributed by atoms with Crippen LogP contribution in [0.1, 0.15) is 24.5 Å². The maximum atomic E-state index is 12.3. The number of halogens is 2. The molecule has 1 heterocycles. The van der Waals surface area contributed by atoms with Gasteiger partial charge >= 0.3 is 0 Å². The van der Waals surface area contributed by atoms with Crippen molar-refractivity contribution in [2.24, 2.45) is 0 Å². The van der Waals surface area contributed by atoms with Crippen LogP contribution in [0.5, 0.6) is 0 Å². The number of fused-ring (bicyclic) bond motifs is 1. The fraction of sp³-hybridized carbons (Fsp3) is 0.462. The van der Waals surface area contributed by atoms with E-state index in [9.17, 15) is 4.79 Å². The summed E-state index contributed by atoms with van der Waals surface area (Å²) in [5, 5.41) is 0. The molecule has 0 bridgehead atoms. The summed E-state index contributed by atoms with van der Waals surface area (Å²) in [4.78, 5) is 13.5. The van der Waals surface area contributed by atoms with Gasteiger partial charge in [-0.3, -0.25) is 4.79 Å². The van der Waals surface area contributed by atoms with Gasteiger partial charge in [-0.1, -0.05) is 17.7 Å². The summed E-state index contributed by atoms with van der Waals surface area (Å²) in [5.41, 5.74) is 2.51. The minimum absolute atomic E-state index is 0.0596. The highest BCUT2D eigenvalue weighted by Crippen LogP contribution is 2.45. The second kappa shape index (κ2) is 4.18. The molecule has 0 radical (unpaired) electrons. The maximum absolute atomic E-state index is 12.3. The molecule has 0 aliphatic carbocycles. The predicted molar refractivity (Wildman–Crippen MR) is 72.1 cm³/mol. The molecule has 0 saturated carbocycles. The Balaban J connectivity index is 2.56. The molecule has 17 heavy (non-hydrogen) atoms. The summed E-state index contributed by atoms with van der Waals surface area (Å²) in [6.45, 7) is 3.93. The maximum Gasteiger partial charge on any atom is 0.237 e. The van der Waals surface area contributed by atoms with Crippen LogP contribution >= 0.6 is 23.2 Å². The standard InChI is InChI=1S/C13H15Cl2NO/c1-8-4-5-10-9(6-8)13(2,7-11(14)15)12(17)16(10)3/h4-6,11H,7H2,1-3H3. The van der Waals surface area contributed by atoms with Crippen LogP contribution in [0.25, 0.3) is 0 Å². The summed E-state index contributed by atoms with van der Waals surface area (Å²) in [6.07, 6.45) is 0.440. The smallest absolute Gasteiger partial charge is 0.237 e. The molecular formula is C13H15Cl2NO. The van der Waals surface area contributed by atoms with Crippen LogP contribution in [0.4, 0.5) is 5.69 Å². The minimum atomic E-state index is -0.607. The molecule has 2 rings (SSSR count). The van der Waals surface area contributed by atoms with Crippen molar-refractivity contribution < 1.29 is 4.79 Å². The molecule has 0 saturated heterocycles. The van der Waals surface area contributed by atoms with E-state index >= 15 is 0 Å². The number of amides is 1. The molecule has 1 aliphatic rings. The van der Waals surface area contributed by atoms with E-state index in [2.05, 4.69) is 0 Å². The monoisotopic (exact) mass is 271 g/mol. The van der Waals surface area contributed by atoms with Gasteiger partial charge in [0.25, 0.3) is 0 Å². The number of aryl methyl sites for hydroxylation is 1. The van der Waals surface area contributed by atoms with E-state index in [0.717, 1.165) is 16.8 Å². The molecule has 0 spiro atoms. The number of benzene rings is 1. The molecule has 0 aromatic heterocycles. The van der Waals surface area contributed by atoms with Crippen molar-refractivity contribution in [2.75, 3.05) is 11.9 Å². The highest BCUT2D eigenvalue weighted by Gasteiger charge is 2.46. The molecule has 1 atom stereocenters. The van der Waals surface area contributed by atoms with Crippen molar-refractivity contribution in [1.29, 1.82) is 0 Å². The van der Waals surface area contributed by atoms with Gasteiger partial charge in [-0.25, -0.2) is 0 Å². The fourth-order valence-corrected chi connectivity index (χ4v) is 3.10. The third-order valence-corrected chi connectivity index (χ3v) is 3.76. The molecule has 2 nitrogen and oxygen atoms in total. The van der Waals surface area contributed by atoms with E-state index in [-0.39, 0.29) is 5.91 Å². The molecular weight excluding hydrogens is 257 g/mol. The number of anilines is 1. The van der Waals surface area contributed by atoms with Crippen molar-refractivity contribution in [2.45, 2.75) is 30.5 Å². The van der Waals surface area contributed by atoms with Crippen LogP contribution in [-0.4, -0.2) is 17.8 Å². The van der Waals surface area contributed by atoms with Gasteiger partial charge in [-0.05, 0) is 31.9 Å². The second-order valence-electron chi connectivity index (χ2n) is 4.81. The van der Waals surface area contributed by atoms with Crippen molar-refractivity contribution >= 4 is 34.8 Å². The lowest BCUT2D eigenvalue weighted by molar-refractivity contribution is -0.122. The zero-order valence-corrected chi connectivity index (χ0v) is 11.6. The van der Waals surface area contributed by atoms with Crippen LogP contribution in [0.3, 0.4) is 0 Å². The number of alkyl halides is 2. The second-order valence-corrected chi connectivity index (χ2v) is 6.09. The predicted octanol–water partition coefficient (Wildman–Crippen LogP) is 3.42. The minimum Gasteiger partial charge on any atom is -0.314 e. The lowest BCUT2D eigenvalue weighted by Crippen LogP contribution is -2.37. The van der Waals surface area contributed by atoms with Gasteiger partial charge in [-0.2, -0.15) is 0 Å². The topological polar surface area (TPSA) is 20.3 Å². The number of rotatable bonds is 2. The molecule has 1 aromatic carbocycles. The average molecular weight is 272 g/mol. The van der Waals surface area contributed by atoms with Crippen LogP contribution in [-0.2, 0) is 10.2 Å². The Bertz CT molecular complexity index is 472. The van der Waals surface area contributed by atoms with Gasteiger partial charge in [0.15, 0.2) is 0 Å². The summed E-state index contributed by atoms with van der Waals surface area (Å²) >= 11 is 11.7. The third-order valence-electron chi connectivity index (χ3n) is 3.45. The van der Waals surface area contributed by atoms with E-state index < -0.39 is 10.3 Å². The zero-order chi connectivity index (χ0) is 12.8. The molecule has 1 aromatic rings. The van der Waals surface area contributed by atoms with Gasteiger partial charge in [0.2, 0.25) is 5.91 Å². The number of hydrogen-bond donors (Lipinski definition) is 0. The van der Waals surface area contributed by atoms with Crippen LogP contribution in [0, 0.1) is 6.92 Å². The van der Waals surface area contributed by atoms with Crippen molar-refractivity contribution in [3.05, 3.63) is 29.3 Å². The Morgan fingerprint density at radius 1 is 1.41 bits per heavy atom. The van der Waals surface area contributed by atoms with Gasteiger partial charge < -0.3 is 4.90 Å². The van der Waals surface area contributed by atoms with E-state index in [1.165, 1.54) is 0 Å². The van der Waals surface area contributed by atoms with E-state index in [0.29, 0.717) is 6.42 Å². The number of carbonyl (C=O) groups is 1. The van der Waals surface area contributed by atoms with Crippen LogP contribution in [0.15, 0.2) is 18.2 Å². The number of carbonyl (C=O) groups excluding carboxylic acids is 1. The fourth-order valence-electron chi connectivity index (χ4n) is 2.48. The Morgan fingerprint density at radius 3 is 2.65 bits per heavy atom. The van der Waals surface area contributed by atoms with Gasteiger partial charge in [0.1, 0.15) is 4.84 Å².